The van der Waals surface area contributed by atoms with Crippen LogP contribution in [-0.2, 0) is 22.4 Å². The van der Waals surface area contributed by atoms with Gasteiger partial charge in [-0.1, -0.05) is 13.0 Å². The van der Waals surface area contributed by atoms with Gasteiger partial charge in [0.15, 0.2) is 5.11 Å². The van der Waals surface area contributed by atoms with Crippen LogP contribution in [0.15, 0.2) is 29.1 Å². The summed E-state index contributed by atoms with van der Waals surface area (Å²) < 4.78 is 11.2. The fourth-order valence-corrected chi connectivity index (χ4v) is 3.96. The summed E-state index contributed by atoms with van der Waals surface area (Å²) in [4.78, 5) is 17.8. The highest BCUT2D eigenvalue weighted by atomic mass is 32.1. The van der Waals surface area contributed by atoms with E-state index in [9.17, 15) is 4.79 Å². The molecular formula is C23H33N3O3S. The van der Waals surface area contributed by atoms with Crippen molar-refractivity contribution in [3.8, 4) is 0 Å². The maximum Gasteiger partial charge on any atom is 0.253 e. The van der Waals surface area contributed by atoms with Gasteiger partial charge in [-0.2, -0.15) is 0 Å². The molecule has 2 aromatic rings. The van der Waals surface area contributed by atoms with Gasteiger partial charge in [0.2, 0.25) is 0 Å². The van der Waals surface area contributed by atoms with E-state index in [0.29, 0.717) is 30.4 Å². The van der Waals surface area contributed by atoms with Gasteiger partial charge in [-0.3, -0.25) is 4.79 Å². The van der Waals surface area contributed by atoms with E-state index >= 15 is 0 Å². The number of pyridine rings is 1. The molecule has 30 heavy (non-hydrogen) atoms. The second kappa shape index (κ2) is 11.4. The number of fused-ring (bicyclic) bond motifs is 1. The average Bonchev–Trinajstić information content (AvgIpc) is 3.26. The van der Waals surface area contributed by atoms with Crippen molar-refractivity contribution in [2.75, 3.05) is 32.9 Å². The van der Waals surface area contributed by atoms with Gasteiger partial charge in [-0.25, -0.2) is 0 Å². The zero-order chi connectivity index (χ0) is 21.3. The Bertz CT molecular complexity index is 893. The number of ether oxygens (including phenoxy) is 2. The summed E-state index contributed by atoms with van der Waals surface area (Å²) in [7, 11) is 0. The Morgan fingerprint density at radius 1 is 1.37 bits per heavy atom. The number of nitrogens with one attached hydrogen (secondary N) is 2. The second-order valence-electron chi connectivity index (χ2n) is 7.70. The Labute approximate surface area is 183 Å². The normalized spacial score (nSPS) is 16.1. The molecular weight excluding hydrogens is 398 g/mol. The molecule has 7 heteroatoms. The molecule has 6 nitrogen and oxygen atoms in total. The third-order valence-electron chi connectivity index (χ3n) is 5.44. The van der Waals surface area contributed by atoms with Crippen LogP contribution >= 0.6 is 12.2 Å². The summed E-state index contributed by atoms with van der Waals surface area (Å²) in [5, 5.41) is 5.03. The highest BCUT2D eigenvalue weighted by molar-refractivity contribution is 7.80. The number of aromatic nitrogens is 1. The lowest BCUT2D eigenvalue weighted by Crippen LogP contribution is -2.44. The molecule has 0 radical (unpaired) electrons. The number of benzene rings is 1. The molecule has 1 aliphatic heterocycles. The van der Waals surface area contributed by atoms with Crippen LogP contribution < -0.4 is 10.9 Å². The van der Waals surface area contributed by atoms with Gasteiger partial charge in [0.1, 0.15) is 0 Å². The Kier molecular flexibility index (Phi) is 8.66. The predicted molar refractivity (Wildman–Crippen MR) is 125 cm³/mol. The van der Waals surface area contributed by atoms with E-state index in [-0.39, 0.29) is 11.7 Å². The lowest BCUT2D eigenvalue weighted by molar-refractivity contribution is 0.0896. The van der Waals surface area contributed by atoms with E-state index in [4.69, 9.17) is 21.7 Å². The van der Waals surface area contributed by atoms with E-state index in [1.807, 2.05) is 19.1 Å². The fraction of sp³-hybridized carbons (Fsp3) is 0.565. The summed E-state index contributed by atoms with van der Waals surface area (Å²) >= 11 is 5.67. The monoisotopic (exact) mass is 431 g/mol. The first kappa shape index (κ1) is 22.7. The minimum Gasteiger partial charge on any atom is -0.382 e. The number of hydrogen-bond donors (Lipinski definition) is 2. The Morgan fingerprint density at radius 2 is 2.23 bits per heavy atom. The first-order valence-electron chi connectivity index (χ1n) is 11.0. The number of nitrogens with zero attached hydrogens (tertiary/aromatic N) is 1. The Morgan fingerprint density at radius 3 is 2.97 bits per heavy atom. The maximum absolute atomic E-state index is 12.7. The largest absolute Gasteiger partial charge is 0.382 e. The number of hydrogen-bond acceptors (Lipinski definition) is 4. The molecule has 1 saturated heterocycles. The maximum atomic E-state index is 12.7. The summed E-state index contributed by atoms with van der Waals surface area (Å²) in [5.41, 5.74) is 2.77. The van der Waals surface area contributed by atoms with Crippen LogP contribution in [0.25, 0.3) is 10.9 Å². The molecule has 0 bridgehead atoms. The Hall–Kier alpha value is -1.96. The number of thiocarbonyl (C=S) groups is 1. The molecule has 1 aliphatic rings. The van der Waals surface area contributed by atoms with Crippen molar-refractivity contribution < 1.29 is 9.47 Å². The van der Waals surface area contributed by atoms with E-state index in [1.165, 1.54) is 5.56 Å². The number of rotatable bonds is 10. The first-order chi connectivity index (χ1) is 14.6. The lowest BCUT2D eigenvalue weighted by atomic mass is 10.1. The minimum atomic E-state index is -0.0664. The zero-order valence-corrected chi connectivity index (χ0v) is 18.9. The van der Waals surface area contributed by atoms with Crippen molar-refractivity contribution in [2.24, 2.45) is 0 Å². The standard InChI is InChI=1S/C23H33N3O3S/c1-3-17-8-9-21-18(13-17)14-19(22(27)25-21)15-26(16-20-7-5-12-29-20)23(30)24-10-6-11-28-4-2/h8-9,13-14,20H,3-7,10-12,15-16H2,1-2H3,(H,24,30)(H,25,27)/t20-/m1/s1. The molecule has 0 aliphatic carbocycles. The second-order valence-corrected chi connectivity index (χ2v) is 8.08. The van der Waals surface area contributed by atoms with Crippen LogP contribution in [0.2, 0.25) is 0 Å². The minimum absolute atomic E-state index is 0.0664. The third-order valence-corrected chi connectivity index (χ3v) is 5.84. The van der Waals surface area contributed by atoms with E-state index in [2.05, 4.69) is 34.3 Å². The zero-order valence-electron chi connectivity index (χ0n) is 18.0. The molecule has 0 spiro atoms. The molecule has 0 unspecified atom stereocenters. The van der Waals surface area contributed by atoms with Gasteiger partial charge in [0.05, 0.1) is 12.6 Å². The van der Waals surface area contributed by atoms with Crippen LogP contribution in [0.5, 0.6) is 0 Å². The van der Waals surface area contributed by atoms with Crippen LogP contribution in [0.1, 0.15) is 44.2 Å². The lowest BCUT2D eigenvalue weighted by Gasteiger charge is -2.28. The number of aromatic amines is 1. The molecule has 1 fully saturated rings. The third kappa shape index (κ3) is 6.27. The SMILES string of the molecule is CCOCCCNC(=S)N(Cc1cc2cc(CC)ccc2[nH]c1=O)C[C@H]1CCCO1. The molecule has 0 amide bonds. The highest BCUT2D eigenvalue weighted by Gasteiger charge is 2.22. The summed E-state index contributed by atoms with van der Waals surface area (Å²) in [6.45, 7) is 8.24. The van der Waals surface area contributed by atoms with Crippen LogP contribution in [0.4, 0.5) is 0 Å². The average molecular weight is 432 g/mol. The molecule has 3 rings (SSSR count). The summed E-state index contributed by atoms with van der Waals surface area (Å²) in [5.74, 6) is 0. The molecule has 2 N–H and O–H groups in total. The summed E-state index contributed by atoms with van der Waals surface area (Å²) in [6, 6.07) is 8.17. The highest BCUT2D eigenvalue weighted by Crippen LogP contribution is 2.17. The van der Waals surface area contributed by atoms with Gasteiger partial charge >= 0.3 is 0 Å². The van der Waals surface area contributed by atoms with Crippen molar-refractivity contribution >= 4 is 28.2 Å². The van der Waals surface area contributed by atoms with E-state index < -0.39 is 0 Å². The Balaban J connectivity index is 1.74. The molecule has 1 aromatic carbocycles. The van der Waals surface area contributed by atoms with Crippen molar-refractivity contribution in [3.05, 3.63) is 45.7 Å². The molecule has 0 saturated carbocycles. The van der Waals surface area contributed by atoms with Crippen LogP contribution in [-0.4, -0.2) is 54.0 Å². The van der Waals surface area contributed by atoms with Gasteiger partial charge < -0.3 is 24.7 Å². The van der Waals surface area contributed by atoms with Crippen molar-refractivity contribution in [3.63, 3.8) is 0 Å². The molecule has 164 valence electrons. The molecule has 1 atom stereocenters. The van der Waals surface area contributed by atoms with Gasteiger partial charge in [0.25, 0.3) is 5.56 Å². The van der Waals surface area contributed by atoms with Gasteiger partial charge in [0, 0.05) is 44.0 Å². The smallest absolute Gasteiger partial charge is 0.253 e. The van der Waals surface area contributed by atoms with Crippen molar-refractivity contribution in [1.29, 1.82) is 0 Å². The first-order valence-corrected chi connectivity index (χ1v) is 11.4. The molecule has 1 aromatic heterocycles. The quantitative estimate of drug-likeness (QED) is 0.444. The molecule has 2 heterocycles. The van der Waals surface area contributed by atoms with Crippen LogP contribution in [0.3, 0.4) is 0 Å². The van der Waals surface area contributed by atoms with Crippen molar-refractivity contribution in [1.82, 2.24) is 15.2 Å². The fourth-order valence-electron chi connectivity index (χ4n) is 3.72. The van der Waals surface area contributed by atoms with E-state index in [1.54, 1.807) is 0 Å². The van der Waals surface area contributed by atoms with Gasteiger partial charge in [-0.15, -0.1) is 0 Å². The van der Waals surface area contributed by atoms with Crippen LogP contribution in [0, 0.1) is 0 Å². The van der Waals surface area contributed by atoms with E-state index in [0.717, 1.165) is 56.3 Å². The predicted octanol–water partition coefficient (Wildman–Crippen LogP) is 3.37. The topological polar surface area (TPSA) is 66.6 Å². The number of H-pyrrole nitrogens is 1. The van der Waals surface area contributed by atoms with Crippen molar-refractivity contribution in [2.45, 2.75) is 52.2 Å². The van der Waals surface area contributed by atoms with Gasteiger partial charge in [-0.05, 0) is 74.0 Å². The summed E-state index contributed by atoms with van der Waals surface area (Å²) in [6.07, 6.45) is 4.10. The number of aryl methyl sites for hydroxylation is 1.